The molecule has 3 fully saturated rings. The van der Waals surface area contributed by atoms with Crippen molar-refractivity contribution in [3.05, 3.63) is 0 Å². The Bertz CT molecular complexity index is 263. The first-order chi connectivity index (χ1) is 8.84. The average Bonchev–Trinajstić information content (AvgIpc) is 2.93. The first-order valence-corrected chi connectivity index (χ1v) is 7.84. The summed E-state index contributed by atoms with van der Waals surface area (Å²) in [5.74, 6) is 1.30. The molecule has 1 N–H and O–H groups in total. The van der Waals surface area contributed by atoms with E-state index in [4.69, 9.17) is 4.74 Å². The summed E-state index contributed by atoms with van der Waals surface area (Å²) < 4.78 is 5.40. The van der Waals surface area contributed by atoms with Crippen molar-refractivity contribution in [2.45, 2.75) is 57.1 Å². The fourth-order valence-corrected chi connectivity index (χ4v) is 4.20. The van der Waals surface area contributed by atoms with Gasteiger partial charge in [0, 0.05) is 25.1 Å². The van der Waals surface area contributed by atoms with Crippen molar-refractivity contribution < 1.29 is 9.84 Å². The molecule has 4 unspecified atom stereocenters. The topological polar surface area (TPSA) is 32.7 Å². The molecule has 4 atom stereocenters. The molecule has 0 spiro atoms. The van der Waals surface area contributed by atoms with Crippen molar-refractivity contribution in [2.75, 3.05) is 26.3 Å². The summed E-state index contributed by atoms with van der Waals surface area (Å²) >= 11 is 0. The average molecular weight is 253 g/mol. The standard InChI is InChI=1S/C15H27NO2/c17-15(13-7-9-18-11-13)10-16-8-3-5-12-4-1-2-6-14(12)16/h12-15,17H,1-11H2. The van der Waals surface area contributed by atoms with Crippen molar-refractivity contribution >= 4 is 0 Å². The van der Waals surface area contributed by atoms with Crippen LogP contribution in [0.3, 0.4) is 0 Å². The zero-order chi connectivity index (χ0) is 12.4. The molecule has 3 heteroatoms. The number of β-amino-alcohol motifs (C(OH)–C–C–N with tert-alkyl or cyclic N) is 1. The Labute approximate surface area is 110 Å². The molecule has 2 saturated heterocycles. The van der Waals surface area contributed by atoms with E-state index in [9.17, 15) is 5.11 Å². The summed E-state index contributed by atoms with van der Waals surface area (Å²) in [5.41, 5.74) is 0. The van der Waals surface area contributed by atoms with Gasteiger partial charge < -0.3 is 9.84 Å². The van der Waals surface area contributed by atoms with Crippen LogP contribution >= 0.6 is 0 Å². The fourth-order valence-electron chi connectivity index (χ4n) is 4.20. The van der Waals surface area contributed by atoms with Crippen LogP contribution in [0.2, 0.25) is 0 Å². The molecule has 3 aliphatic rings. The second-order valence-electron chi connectivity index (χ2n) is 6.44. The Kier molecular flexibility index (Phi) is 4.22. The second-order valence-corrected chi connectivity index (χ2v) is 6.44. The van der Waals surface area contributed by atoms with E-state index in [0.29, 0.717) is 5.92 Å². The summed E-state index contributed by atoms with van der Waals surface area (Å²) in [6.45, 7) is 3.69. The summed E-state index contributed by atoms with van der Waals surface area (Å²) in [7, 11) is 0. The number of aliphatic hydroxyl groups excluding tert-OH is 1. The number of hydrogen-bond acceptors (Lipinski definition) is 3. The number of ether oxygens (including phenoxy) is 1. The first kappa shape index (κ1) is 12.9. The Morgan fingerprint density at radius 3 is 2.78 bits per heavy atom. The lowest BCUT2D eigenvalue weighted by molar-refractivity contribution is -0.000238. The van der Waals surface area contributed by atoms with Gasteiger partial charge in [-0.1, -0.05) is 12.8 Å². The molecule has 0 aromatic carbocycles. The number of likely N-dealkylation sites (tertiary alicyclic amines) is 1. The van der Waals surface area contributed by atoms with E-state index in [1.807, 2.05) is 0 Å². The molecule has 0 amide bonds. The van der Waals surface area contributed by atoms with Crippen molar-refractivity contribution in [1.82, 2.24) is 4.90 Å². The molecule has 2 aliphatic heterocycles. The monoisotopic (exact) mass is 253 g/mol. The number of nitrogens with zero attached hydrogens (tertiary/aromatic N) is 1. The third-order valence-electron chi connectivity index (χ3n) is 5.29. The molecule has 3 nitrogen and oxygen atoms in total. The SMILES string of the molecule is OC(CN1CCCC2CCCCC21)C1CCOC1. The maximum absolute atomic E-state index is 10.4. The maximum atomic E-state index is 10.4. The third kappa shape index (κ3) is 2.73. The summed E-state index contributed by atoms with van der Waals surface area (Å²) in [6, 6.07) is 0.768. The number of aliphatic hydroxyl groups is 1. The Morgan fingerprint density at radius 2 is 1.94 bits per heavy atom. The predicted molar refractivity (Wildman–Crippen MR) is 71.5 cm³/mol. The molecule has 0 aromatic rings. The van der Waals surface area contributed by atoms with Crippen molar-refractivity contribution in [1.29, 1.82) is 0 Å². The smallest absolute Gasteiger partial charge is 0.0718 e. The molecule has 1 aliphatic carbocycles. The van der Waals surface area contributed by atoms with Crippen LogP contribution < -0.4 is 0 Å². The number of hydrogen-bond donors (Lipinski definition) is 1. The van der Waals surface area contributed by atoms with Gasteiger partial charge in [0.05, 0.1) is 12.7 Å². The highest BCUT2D eigenvalue weighted by molar-refractivity contribution is 4.89. The largest absolute Gasteiger partial charge is 0.391 e. The van der Waals surface area contributed by atoms with E-state index in [2.05, 4.69) is 4.90 Å². The fraction of sp³-hybridized carbons (Fsp3) is 1.00. The van der Waals surface area contributed by atoms with Gasteiger partial charge in [-0.2, -0.15) is 0 Å². The highest BCUT2D eigenvalue weighted by Crippen LogP contribution is 2.35. The van der Waals surface area contributed by atoms with Crippen LogP contribution in [-0.2, 0) is 4.74 Å². The van der Waals surface area contributed by atoms with Gasteiger partial charge in [0.1, 0.15) is 0 Å². The number of fused-ring (bicyclic) bond motifs is 1. The zero-order valence-corrected chi connectivity index (χ0v) is 11.4. The molecule has 3 rings (SSSR count). The van der Waals surface area contributed by atoms with Crippen molar-refractivity contribution in [2.24, 2.45) is 11.8 Å². The van der Waals surface area contributed by atoms with Gasteiger partial charge in [0.25, 0.3) is 0 Å². The summed E-state index contributed by atoms with van der Waals surface area (Å²) in [6.07, 6.45) is 9.21. The van der Waals surface area contributed by atoms with E-state index in [-0.39, 0.29) is 6.10 Å². The maximum Gasteiger partial charge on any atom is 0.0718 e. The zero-order valence-electron chi connectivity index (χ0n) is 11.4. The Morgan fingerprint density at radius 1 is 1.11 bits per heavy atom. The molecule has 1 saturated carbocycles. The van der Waals surface area contributed by atoms with Crippen molar-refractivity contribution in [3.8, 4) is 0 Å². The Balaban J connectivity index is 1.56. The summed E-state index contributed by atoms with van der Waals surface area (Å²) in [4.78, 5) is 2.59. The predicted octanol–water partition coefficient (Wildman–Crippen LogP) is 2.04. The minimum absolute atomic E-state index is 0.173. The molecular weight excluding hydrogens is 226 g/mol. The van der Waals surface area contributed by atoms with Gasteiger partial charge in [0.2, 0.25) is 0 Å². The normalized spacial score (nSPS) is 39.5. The van der Waals surface area contributed by atoms with Crippen LogP contribution in [0.4, 0.5) is 0 Å². The lowest BCUT2D eigenvalue weighted by Crippen LogP contribution is -2.50. The van der Waals surface area contributed by atoms with Crippen molar-refractivity contribution in [3.63, 3.8) is 0 Å². The van der Waals surface area contributed by atoms with Crippen LogP contribution in [0.1, 0.15) is 44.9 Å². The van der Waals surface area contributed by atoms with E-state index in [1.165, 1.54) is 45.1 Å². The highest BCUT2D eigenvalue weighted by Gasteiger charge is 2.35. The van der Waals surface area contributed by atoms with Crippen LogP contribution in [0, 0.1) is 11.8 Å². The molecule has 0 bridgehead atoms. The summed E-state index contributed by atoms with van der Waals surface area (Å²) in [5, 5.41) is 10.4. The van der Waals surface area contributed by atoms with E-state index >= 15 is 0 Å². The molecule has 18 heavy (non-hydrogen) atoms. The number of piperidine rings is 1. The highest BCUT2D eigenvalue weighted by atomic mass is 16.5. The molecule has 104 valence electrons. The van der Waals surface area contributed by atoms with Gasteiger partial charge in [0.15, 0.2) is 0 Å². The van der Waals surface area contributed by atoms with Crippen LogP contribution in [0.15, 0.2) is 0 Å². The number of rotatable bonds is 3. The van der Waals surface area contributed by atoms with Gasteiger partial charge in [-0.3, -0.25) is 4.90 Å². The van der Waals surface area contributed by atoms with Gasteiger partial charge >= 0.3 is 0 Å². The Hall–Kier alpha value is -0.120. The minimum atomic E-state index is -0.173. The quantitative estimate of drug-likeness (QED) is 0.835. The second kappa shape index (κ2) is 5.89. The van der Waals surface area contributed by atoms with Crippen LogP contribution in [0.5, 0.6) is 0 Å². The first-order valence-electron chi connectivity index (χ1n) is 7.84. The van der Waals surface area contributed by atoms with Crippen LogP contribution in [0.25, 0.3) is 0 Å². The van der Waals surface area contributed by atoms with E-state index in [0.717, 1.165) is 38.1 Å². The molecule has 0 aromatic heterocycles. The molecular formula is C15H27NO2. The van der Waals surface area contributed by atoms with E-state index in [1.54, 1.807) is 0 Å². The van der Waals surface area contributed by atoms with Gasteiger partial charge in [-0.15, -0.1) is 0 Å². The molecule has 2 heterocycles. The minimum Gasteiger partial charge on any atom is -0.391 e. The lowest BCUT2D eigenvalue weighted by Gasteiger charge is -2.45. The van der Waals surface area contributed by atoms with Gasteiger partial charge in [-0.05, 0) is 44.6 Å². The van der Waals surface area contributed by atoms with E-state index < -0.39 is 0 Å². The van der Waals surface area contributed by atoms with Crippen LogP contribution in [-0.4, -0.2) is 48.5 Å². The lowest BCUT2D eigenvalue weighted by atomic mass is 9.78. The third-order valence-corrected chi connectivity index (χ3v) is 5.29. The molecule has 0 radical (unpaired) electrons. The van der Waals surface area contributed by atoms with Gasteiger partial charge in [-0.25, -0.2) is 0 Å².